The number of benzene rings is 1. The highest BCUT2D eigenvalue weighted by Crippen LogP contribution is 2.23. The fourth-order valence-corrected chi connectivity index (χ4v) is 2.58. The first-order chi connectivity index (χ1) is 8.66. The van der Waals surface area contributed by atoms with Gasteiger partial charge in [0.15, 0.2) is 0 Å². The molecule has 0 unspecified atom stereocenters. The summed E-state index contributed by atoms with van der Waals surface area (Å²) >= 11 is 0. The van der Waals surface area contributed by atoms with Gasteiger partial charge in [0.1, 0.15) is 5.82 Å². The summed E-state index contributed by atoms with van der Waals surface area (Å²) < 4.78 is 15.5. The number of imidazole rings is 1. The molecule has 18 heavy (non-hydrogen) atoms. The van der Waals surface area contributed by atoms with E-state index in [2.05, 4.69) is 9.99 Å². The molecule has 0 aliphatic carbocycles. The summed E-state index contributed by atoms with van der Waals surface area (Å²) in [4.78, 5) is 4.25. The topological polar surface area (TPSA) is 47.1 Å². The van der Waals surface area contributed by atoms with Crippen LogP contribution in [0.5, 0.6) is 0 Å². The molecule has 1 aliphatic heterocycles. The highest BCUT2D eigenvalue weighted by molar-refractivity contribution is 5.79. The molecule has 0 saturated carbocycles. The number of nitrogen functional groups attached to an aromatic ring is 1. The first-order valence-electron chi connectivity index (χ1n) is 6.36. The molecule has 1 fully saturated rings. The van der Waals surface area contributed by atoms with Gasteiger partial charge in [0.25, 0.3) is 0 Å². The van der Waals surface area contributed by atoms with Gasteiger partial charge in [0.05, 0.1) is 11.0 Å². The Morgan fingerprint density at radius 3 is 2.67 bits per heavy atom. The average Bonchev–Trinajstić information content (AvgIpc) is 2.66. The fraction of sp³-hybridized carbons (Fsp3) is 0.462. The third-order valence-electron chi connectivity index (χ3n) is 3.55. The van der Waals surface area contributed by atoms with E-state index >= 15 is 0 Å². The van der Waals surface area contributed by atoms with E-state index in [1.165, 1.54) is 25.3 Å². The van der Waals surface area contributed by atoms with Gasteiger partial charge in [-0.1, -0.05) is 0 Å². The number of piperidine rings is 1. The number of rotatable bonds is 1. The maximum atomic E-state index is 13.5. The van der Waals surface area contributed by atoms with Crippen molar-refractivity contribution in [3.63, 3.8) is 0 Å². The van der Waals surface area contributed by atoms with E-state index < -0.39 is 0 Å². The Hall–Kier alpha value is -1.78. The molecule has 96 valence electrons. The smallest absolute Gasteiger partial charge is 0.220 e. The maximum absolute atomic E-state index is 13.5. The van der Waals surface area contributed by atoms with Gasteiger partial charge in [-0.3, -0.25) is 0 Å². The molecule has 0 bridgehead atoms. The Morgan fingerprint density at radius 2 is 1.94 bits per heavy atom. The van der Waals surface area contributed by atoms with Crippen LogP contribution in [0.25, 0.3) is 11.0 Å². The molecule has 0 spiro atoms. The number of nitrogens with two attached hydrogens (primary N) is 1. The quantitative estimate of drug-likeness (QED) is 0.841. The fourth-order valence-electron chi connectivity index (χ4n) is 2.58. The second-order valence-electron chi connectivity index (χ2n) is 4.89. The predicted molar refractivity (Wildman–Crippen MR) is 70.6 cm³/mol. The Morgan fingerprint density at radius 1 is 1.22 bits per heavy atom. The van der Waals surface area contributed by atoms with E-state index in [4.69, 9.17) is 5.73 Å². The number of nitrogens with zero attached hydrogens (tertiary/aromatic N) is 3. The standard InChI is InChI=1S/C13H17FN4/c1-9-7-12-11(8-10(9)14)16-13(15)18(12)17-5-3-2-4-6-17/h7-8H,2-6H2,1H3,(H2,15,16). The molecule has 1 aromatic carbocycles. The number of halogens is 1. The van der Waals surface area contributed by atoms with Crippen molar-refractivity contribution in [2.24, 2.45) is 0 Å². The van der Waals surface area contributed by atoms with Crippen LogP contribution in [0, 0.1) is 12.7 Å². The van der Waals surface area contributed by atoms with Crippen LogP contribution in [0.2, 0.25) is 0 Å². The van der Waals surface area contributed by atoms with Crippen molar-refractivity contribution in [3.05, 3.63) is 23.5 Å². The van der Waals surface area contributed by atoms with Crippen LogP contribution in [-0.4, -0.2) is 22.7 Å². The minimum atomic E-state index is -0.231. The Kier molecular flexibility index (Phi) is 2.61. The molecule has 2 heterocycles. The summed E-state index contributed by atoms with van der Waals surface area (Å²) in [5, 5.41) is 2.20. The second kappa shape index (κ2) is 4.15. The maximum Gasteiger partial charge on any atom is 0.220 e. The van der Waals surface area contributed by atoms with Crippen LogP contribution in [-0.2, 0) is 0 Å². The number of anilines is 1. The zero-order valence-electron chi connectivity index (χ0n) is 10.5. The monoisotopic (exact) mass is 248 g/mol. The van der Waals surface area contributed by atoms with Gasteiger partial charge in [0, 0.05) is 19.2 Å². The van der Waals surface area contributed by atoms with Crippen molar-refractivity contribution in [3.8, 4) is 0 Å². The van der Waals surface area contributed by atoms with Crippen molar-refractivity contribution in [2.75, 3.05) is 23.8 Å². The Balaban J connectivity index is 2.15. The minimum absolute atomic E-state index is 0.231. The van der Waals surface area contributed by atoms with Crippen LogP contribution < -0.4 is 10.7 Å². The van der Waals surface area contributed by atoms with Gasteiger partial charge in [-0.2, -0.15) is 0 Å². The van der Waals surface area contributed by atoms with E-state index in [9.17, 15) is 4.39 Å². The van der Waals surface area contributed by atoms with Crippen molar-refractivity contribution in [1.82, 2.24) is 9.66 Å². The van der Waals surface area contributed by atoms with Gasteiger partial charge < -0.3 is 10.7 Å². The summed E-state index contributed by atoms with van der Waals surface area (Å²) in [6.45, 7) is 3.72. The number of aromatic nitrogens is 2. The van der Waals surface area contributed by atoms with Crippen molar-refractivity contribution in [2.45, 2.75) is 26.2 Å². The molecular formula is C13H17FN4. The Bertz CT molecular complexity index is 584. The zero-order valence-corrected chi connectivity index (χ0v) is 10.5. The first kappa shape index (κ1) is 11.3. The van der Waals surface area contributed by atoms with Crippen LogP contribution in [0.15, 0.2) is 12.1 Å². The molecule has 0 amide bonds. The normalized spacial score (nSPS) is 16.4. The minimum Gasteiger partial charge on any atom is -0.368 e. The van der Waals surface area contributed by atoms with Gasteiger partial charge in [-0.05, 0) is 37.8 Å². The van der Waals surface area contributed by atoms with Crippen LogP contribution in [0.3, 0.4) is 0 Å². The molecule has 0 radical (unpaired) electrons. The summed E-state index contributed by atoms with van der Waals surface area (Å²) in [6, 6.07) is 3.28. The molecular weight excluding hydrogens is 231 g/mol. The first-order valence-corrected chi connectivity index (χ1v) is 6.36. The number of aryl methyl sites for hydroxylation is 1. The lowest BCUT2D eigenvalue weighted by Gasteiger charge is -2.30. The summed E-state index contributed by atoms with van der Waals surface area (Å²) in [7, 11) is 0. The number of fused-ring (bicyclic) bond motifs is 1. The molecule has 1 aliphatic rings. The SMILES string of the molecule is Cc1cc2c(cc1F)nc(N)n2N1CCCCC1. The lowest BCUT2D eigenvalue weighted by atomic mass is 10.2. The third kappa shape index (κ3) is 1.70. The number of hydrogen-bond donors (Lipinski definition) is 1. The second-order valence-corrected chi connectivity index (χ2v) is 4.89. The van der Waals surface area contributed by atoms with Crippen molar-refractivity contribution >= 4 is 17.0 Å². The predicted octanol–water partition coefficient (Wildman–Crippen LogP) is 2.19. The van der Waals surface area contributed by atoms with Crippen molar-refractivity contribution < 1.29 is 4.39 Å². The molecule has 1 aromatic heterocycles. The van der Waals surface area contributed by atoms with Gasteiger partial charge in [0.2, 0.25) is 5.95 Å². The summed E-state index contributed by atoms with van der Waals surface area (Å²) in [5.74, 6) is 0.211. The zero-order chi connectivity index (χ0) is 12.7. The third-order valence-corrected chi connectivity index (χ3v) is 3.55. The molecule has 0 atom stereocenters. The van der Waals surface area contributed by atoms with Gasteiger partial charge in [-0.15, -0.1) is 0 Å². The molecule has 2 aromatic rings. The highest BCUT2D eigenvalue weighted by Gasteiger charge is 2.17. The molecule has 1 saturated heterocycles. The number of hydrogen-bond acceptors (Lipinski definition) is 3. The highest BCUT2D eigenvalue weighted by atomic mass is 19.1. The van der Waals surface area contributed by atoms with Crippen LogP contribution in [0.1, 0.15) is 24.8 Å². The van der Waals surface area contributed by atoms with Crippen LogP contribution in [0.4, 0.5) is 10.3 Å². The lowest BCUT2D eigenvalue weighted by Crippen LogP contribution is -2.39. The van der Waals surface area contributed by atoms with Crippen LogP contribution >= 0.6 is 0 Å². The summed E-state index contributed by atoms with van der Waals surface area (Å²) in [6.07, 6.45) is 3.59. The molecule has 3 rings (SSSR count). The van der Waals surface area contributed by atoms with E-state index in [-0.39, 0.29) is 5.82 Å². The van der Waals surface area contributed by atoms with E-state index in [1.54, 1.807) is 6.92 Å². The van der Waals surface area contributed by atoms with E-state index in [0.717, 1.165) is 18.6 Å². The molecule has 4 nitrogen and oxygen atoms in total. The summed E-state index contributed by atoms with van der Waals surface area (Å²) in [5.41, 5.74) is 8.12. The largest absolute Gasteiger partial charge is 0.368 e. The Labute approximate surface area is 105 Å². The van der Waals surface area contributed by atoms with Crippen molar-refractivity contribution in [1.29, 1.82) is 0 Å². The average molecular weight is 248 g/mol. The van der Waals surface area contributed by atoms with E-state index in [0.29, 0.717) is 17.0 Å². The van der Waals surface area contributed by atoms with Gasteiger partial charge in [-0.25, -0.2) is 14.1 Å². The van der Waals surface area contributed by atoms with E-state index in [1.807, 2.05) is 10.7 Å². The molecule has 5 heteroatoms. The molecule has 2 N–H and O–H groups in total. The van der Waals surface area contributed by atoms with Gasteiger partial charge >= 0.3 is 0 Å². The lowest BCUT2D eigenvalue weighted by molar-refractivity contribution is 0.489.